The van der Waals surface area contributed by atoms with Gasteiger partial charge in [-0.15, -0.1) is 0 Å². The van der Waals surface area contributed by atoms with Gasteiger partial charge in [0.15, 0.2) is 0 Å². The van der Waals surface area contributed by atoms with Crippen molar-refractivity contribution in [3.05, 3.63) is 35.4 Å². The van der Waals surface area contributed by atoms with Crippen LogP contribution < -0.4 is 5.32 Å². The number of carbonyl (C=O) groups is 1. The molecule has 19 heavy (non-hydrogen) atoms. The Morgan fingerprint density at radius 1 is 1.42 bits per heavy atom. The topological polar surface area (TPSA) is 49.3 Å². The molecule has 3 heteroatoms. The van der Waals surface area contributed by atoms with Crippen LogP contribution in [0.25, 0.3) is 0 Å². The highest BCUT2D eigenvalue weighted by Gasteiger charge is 2.22. The maximum Gasteiger partial charge on any atom is 0.307 e. The fourth-order valence-electron chi connectivity index (χ4n) is 2.13. The minimum atomic E-state index is -0.719. The number of aliphatic carboxylic acids is 1. The van der Waals surface area contributed by atoms with Gasteiger partial charge in [0.25, 0.3) is 0 Å². The first-order valence-electron chi connectivity index (χ1n) is 6.87. The molecule has 1 aromatic carbocycles. The summed E-state index contributed by atoms with van der Waals surface area (Å²) in [6.45, 7) is 9.66. The van der Waals surface area contributed by atoms with E-state index < -0.39 is 5.97 Å². The van der Waals surface area contributed by atoms with Crippen LogP contribution in [0.5, 0.6) is 0 Å². The SMILES string of the molecule is CCC(CNCC(C)(C)c1cccc(C)c1)C(=O)O. The zero-order chi connectivity index (χ0) is 14.5. The molecule has 3 nitrogen and oxygen atoms in total. The molecule has 1 rings (SSSR count). The molecule has 0 spiro atoms. The van der Waals surface area contributed by atoms with E-state index in [1.807, 2.05) is 6.92 Å². The van der Waals surface area contributed by atoms with E-state index in [4.69, 9.17) is 5.11 Å². The molecule has 0 aromatic heterocycles. The Labute approximate surface area is 116 Å². The summed E-state index contributed by atoms with van der Waals surface area (Å²) in [5, 5.41) is 12.3. The molecule has 0 heterocycles. The third-order valence-corrected chi connectivity index (χ3v) is 3.60. The van der Waals surface area contributed by atoms with Gasteiger partial charge in [0.1, 0.15) is 0 Å². The van der Waals surface area contributed by atoms with E-state index >= 15 is 0 Å². The van der Waals surface area contributed by atoms with Gasteiger partial charge in [-0.25, -0.2) is 0 Å². The standard InChI is InChI=1S/C16H25NO2/c1-5-13(15(18)19)10-17-11-16(3,4)14-8-6-7-12(2)9-14/h6-9,13,17H,5,10-11H2,1-4H3,(H,18,19). The molecule has 106 valence electrons. The highest BCUT2D eigenvalue weighted by atomic mass is 16.4. The lowest BCUT2D eigenvalue weighted by Gasteiger charge is -2.27. The highest BCUT2D eigenvalue weighted by molar-refractivity contribution is 5.70. The van der Waals surface area contributed by atoms with Crippen LogP contribution in [-0.4, -0.2) is 24.2 Å². The Kier molecular flexibility index (Phi) is 5.55. The largest absolute Gasteiger partial charge is 0.481 e. The van der Waals surface area contributed by atoms with Gasteiger partial charge in [-0.1, -0.05) is 50.6 Å². The van der Waals surface area contributed by atoms with Crippen molar-refractivity contribution in [1.82, 2.24) is 5.32 Å². The minimum absolute atomic E-state index is 0.00279. The number of rotatable bonds is 7. The van der Waals surface area contributed by atoms with Gasteiger partial charge in [0.05, 0.1) is 5.92 Å². The molecule has 0 radical (unpaired) electrons. The number of carboxylic acids is 1. The number of carboxylic acid groups (broad SMARTS) is 1. The Hall–Kier alpha value is -1.35. The molecule has 0 bridgehead atoms. The Bertz CT molecular complexity index is 427. The number of hydrogen-bond donors (Lipinski definition) is 2. The summed E-state index contributed by atoms with van der Waals surface area (Å²) in [7, 11) is 0. The fraction of sp³-hybridized carbons (Fsp3) is 0.562. The molecular weight excluding hydrogens is 238 g/mol. The van der Waals surface area contributed by atoms with Crippen LogP contribution in [0.1, 0.15) is 38.3 Å². The molecule has 0 aliphatic rings. The lowest BCUT2D eigenvalue weighted by Crippen LogP contribution is -2.37. The van der Waals surface area contributed by atoms with Gasteiger partial charge in [-0.2, -0.15) is 0 Å². The van der Waals surface area contributed by atoms with Crippen molar-refractivity contribution in [3.8, 4) is 0 Å². The van der Waals surface area contributed by atoms with Crippen molar-refractivity contribution in [2.45, 2.75) is 39.5 Å². The molecule has 0 aliphatic carbocycles. The molecule has 0 fully saturated rings. The smallest absolute Gasteiger partial charge is 0.307 e. The van der Waals surface area contributed by atoms with Gasteiger partial charge in [-0.3, -0.25) is 4.79 Å². The van der Waals surface area contributed by atoms with Gasteiger partial charge in [0, 0.05) is 18.5 Å². The van der Waals surface area contributed by atoms with Crippen LogP contribution in [0.4, 0.5) is 0 Å². The van der Waals surface area contributed by atoms with Crippen molar-refractivity contribution in [3.63, 3.8) is 0 Å². The van der Waals surface area contributed by atoms with E-state index in [-0.39, 0.29) is 11.3 Å². The van der Waals surface area contributed by atoms with E-state index in [1.54, 1.807) is 0 Å². The quantitative estimate of drug-likeness (QED) is 0.795. The Balaban J connectivity index is 2.58. The second-order valence-corrected chi connectivity index (χ2v) is 5.83. The molecule has 0 saturated heterocycles. The maximum absolute atomic E-state index is 11.0. The zero-order valence-corrected chi connectivity index (χ0v) is 12.4. The van der Waals surface area contributed by atoms with E-state index in [1.165, 1.54) is 11.1 Å². The van der Waals surface area contributed by atoms with E-state index in [0.717, 1.165) is 6.54 Å². The van der Waals surface area contributed by atoms with Crippen LogP contribution in [0.15, 0.2) is 24.3 Å². The predicted molar refractivity (Wildman–Crippen MR) is 78.5 cm³/mol. The summed E-state index contributed by atoms with van der Waals surface area (Å²) in [4.78, 5) is 11.0. The normalized spacial score (nSPS) is 13.3. The monoisotopic (exact) mass is 263 g/mol. The van der Waals surface area contributed by atoms with Crippen molar-refractivity contribution >= 4 is 5.97 Å². The zero-order valence-electron chi connectivity index (χ0n) is 12.4. The van der Waals surface area contributed by atoms with Crippen LogP contribution >= 0.6 is 0 Å². The van der Waals surface area contributed by atoms with Crippen LogP contribution in [0.2, 0.25) is 0 Å². The highest BCUT2D eigenvalue weighted by Crippen LogP contribution is 2.23. The van der Waals surface area contributed by atoms with Gasteiger partial charge in [-0.05, 0) is 18.9 Å². The second-order valence-electron chi connectivity index (χ2n) is 5.83. The van der Waals surface area contributed by atoms with Gasteiger partial charge < -0.3 is 10.4 Å². The third kappa shape index (κ3) is 4.67. The van der Waals surface area contributed by atoms with Crippen molar-refractivity contribution in [2.75, 3.05) is 13.1 Å². The third-order valence-electron chi connectivity index (χ3n) is 3.60. The lowest BCUT2D eigenvalue weighted by atomic mass is 9.84. The Morgan fingerprint density at radius 2 is 2.11 bits per heavy atom. The summed E-state index contributed by atoms with van der Waals surface area (Å²) in [6, 6.07) is 8.47. The summed E-state index contributed by atoms with van der Waals surface area (Å²) < 4.78 is 0. The summed E-state index contributed by atoms with van der Waals surface area (Å²) >= 11 is 0. The fourth-order valence-corrected chi connectivity index (χ4v) is 2.13. The minimum Gasteiger partial charge on any atom is -0.481 e. The van der Waals surface area contributed by atoms with Crippen molar-refractivity contribution in [2.24, 2.45) is 5.92 Å². The average Bonchev–Trinajstić information content (AvgIpc) is 2.34. The average molecular weight is 263 g/mol. The van der Waals surface area contributed by atoms with Gasteiger partial charge in [0.2, 0.25) is 0 Å². The molecule has 0 saturated carbocycles. The molecule has 1 atom stereocenters. The molecule has 0 amide bonds. The molecular formula is C16H25NO2. The van der Waals surface area contributed by atoms with Crippen LogP contribution in [-0.2, 0) is 10.2 Å². The van der Waals surface area contributed by atoms with E-state index in [9.17, 15) is 4.79 Å². The number of benzene rings is 1. The van der Waals surface area contributed by atoms with E-state index in [2.05, 4.69) is 50.4 Å². The Morgan fingerprint density at radius 3 is 2.63 bits per heavy atom. The first kappa shape index (κ1) is 15.7. The molecule has 1 unspecified atom stereocenters. The van der Waals surface area contributed by atoms with Crippen LogP contribution in [0, 0.1) is 12.8 Å². The number of nitrogens with one attached hydrogen (secondary N) is 1. The summed E-state index contributed by atoms with van der Waals surface area (Å²) in [5.41, 5.74) is 2.54. The van der Waals surface area contributed by atoms with Crippen molar-refractivity contribution < 1.29 is 9.90 Å². The van der Waals surface area contributed by atoms with Crippen LogP contribution in [0.3, 0.4) is 0 Å². The molecule has 2 N–H and O–H groups in total. The number of aryl methyl sites for hydroxylation is 1. The summed E-state index contributed by atoms with van der Waals surface area (Å²) in [5.74, 6) is -1.02. The first-order chi connectivity index (χ1) is 8.86. The second kappa shape index (κ2) is 6.71. The van der Waals surface area contributed by atoms with Gasteiger partial charge >= 0.3 is 5.97 Å². The first-order valence-corrected chi connectivity index (χ1v) is 6.87. The molecule has 0 aliphatic heterocycles. The van der Waals surface area contributed by atoms with E-state index in [0.29, 0.717) is 13.0 Å². The molecule has 1 aromatic rings. The number of hydrogen-bond acceptors (Lipinski definition) is 2. The lowest BCUT2D eigenvalue weighted by molar-refractivity contribution is -0.141. The summed E-state index contributed by atoms with van der Waals surface area (Å²) in [6.07, 6.45) is 0.660. The maximum atomic E-state index is 11.0. The predicted octanol–water partition coefficient (Wildman–Crippen LogP) is 2.97. The van der Waals surface area contributed by atoms with Crippen molar-refractivity contribution in [1.29, 1.82) is 0 Å².